The van der Waals surface area contributed by atoms with Crippen molar-refractivity contribution >= 4 is 49.3 Å². The number of aryl methyl sites for hydroxylation is 2. The molecule has 0 aliphatic heterocycles. The number of aromatic nitrogens is 3. The van der Waals surface area contributed by atoms with Crippen molar-refractivity contribution in [2.24, 2.45) is 0 Å². The van der Waals surface area contributed by atoms with Gasteiger partial charge in [0.1, 0.15) is 6.07 Å². The summed E-state index contributed by atoms with van der Waals surface area (Å²) in [6.45, 7) is 11.5. The van der Waals surface area contributed by atoms with Crippen LogP contribution in [0.15, 0.2) is 158 Å². The number of hydrogen-bond acceptors (Lipinski definition) is 3. The first-order valence-corrected chi connectivity index (χ1v) is 19.0. The summed E-state index contributed by atoms with van der Waals surface area (Å²) in [4.78, 5) is 8.34. The molecule has 0 aliphatic carbocycles. The molecule has 0 radical (unpaired) electrons. The van der Waals surface area contributed by atoms with Gasteiger partial charge in [0.2, 0.25) is 0 Å². The average molecular weight is 741 g/mol. The molecular weight excluding hydrogens is 709 g/mol. The van der Waals surface area contributed by atoms with Gasteiger partial charge in [-0.15, -0.1) is 0 Å². The highest BCUT2D eigenvalue weighted by Crippen LogP contribution is 2.42. The standard InChI is InChI=1S/C52H32N6/c1-32-24-39(25-33(2)56-32)46-29-49(57-47-10-6-4-8-42(47)44-22-18-37(26-50(44)57)35-14-12-34(30-53)13-15-35)40(31-54)28-52(46)58-48-11-7-5-9-43(48)45-23-19-38(27-51(45)58)36-16-20-41(55-3)21-17-36/h4-29H,1-2H3. The summed E-state index contributed by atoms with van der Waals surface area (Å²) in [5, 5.41) is 25.0. The lowest BCUT2D eigenvalue weighted by Gasteiger charge is -2.19. The Morgan fingerprint density at radius 1 is 0.483 bits per heavy atom. The molecule has 10 rings (SSSR count). The minimum absolute atomic E-state index is 0.532. The Bertz CT molecular complexity index is 3410. The van der Waals surface area contributed by atoms with E-state index in [1.54, 1.807) is 0 Å². The van der Waals surface area contributed by atoms with Gasteiger partial charge < -0.3 is 9.13 Å². The molecule has 270 valence electrons. The molecule has 0 bridgehead atoms. The molecule has 7 aromatic carbocycles. The van der Waals surface area contributed by atoms with E-state index in [4.69, 9.17) is 11.6 Å². The van der Waals surface area contributed by atoms with Crippen molar-refractivity contribution in [3.63, 3.8) is 0 Å². The van der Waals surface area contributed by atoms with Gasteiger partial charge >= 0.3 is 0 Å². The highest BCUT2D eigenvalue weighted by molar-refractivity contribution is 6.12. The summed E-state index contributed by atoms with van der Waals surface area (Å²) >= 11 is 0. The average Bonchev–Trinajstić information content (AvgIpc) is 3.77. The smallest absolute Gasteiger partial charge is 0.187 e. The molecule has 0 spiro atoms. The molecule has 0 saturated carbocycles. The maximum atomic E-state index is 11.1. The van der Waals surface area contributed by atoms with Crippen LogP contribution in [-0.4, -0.2) is 14.1 Å². The molecular formula is C52H32N6. The van der Waals surface area contributed by atoms with Crippen LogP contribution in [0.3, 0.4) is 0 Å². The maximum Gasteiger partial charge on any atom is 0.187 e. The van der Waals surface area contributed by atoms with Gasteiger partial charge in [-0.25, -0.2) is 4.85 Å². The van der Waals surface area contributed by atoms with Gasteiger partial charge in [-0.3, -0.25) is 4.98 Å². The second-order valence-corrected chi connectivity index (χ2v) is 14.7. The molecule has 0 amide bonds. The number of para-hydroxylation sites is 2. The third kappa shape index (κ3) is 5.50. The molecule has 6 nitrogen and oxygen atoms in total. The summed E-state index contributed by atoms with van der Waals surface area (Å²) in [5.41, 5.74) is 15.3. The van der Waals surface area contributed by atoms with Crippen LogP contribution in [0.5, 0.6) is 0 Å². The fourth-order valence-corrected chi connectivity index (χ4v) is 8.54. The molecule has 58 heavy (non-hydrogen) atoms. The van der Waals surface area contributed by atoms with Gasteiger partial charge in [-0.05, 0) is 102 Å². The minimum Gasteiger partial charge on any atom is -0.309 e. The molecule has 0 fully saturated rings. The fraction of sp³-hybridized carbons (Fsp3) is 0.0385. The van der Waals surface area contributed by atoms with E-state index in [0.29, 0.717) is 16.8 Å². The first-order chi connectivity index (χ1) is 28.4. The van der Waals surface area contributed by atoms with E-state index in [2.05, 4.69) is 123 Å². The van der Waals surface area contributed by atoms with Gasteiger partial charge in [-0.1, -0.05) is 97.1 Å². The van der Waals surface area contributed by atoms with Crippen LogP contribution in [0.2, 0.25) is 0 Å². The van der Waals surface area contributed by atoms with Crippen LogP contribution in [0.25, 0.3) is 93.2 Å². The Labute approximate surface area is 335 Å². The normalized spacial score (nSPS) is 11.2. The number of benzene rings is 7. The Hall–Kier alpha value is -8.24. The molecule has 0 aliphatic rings. The zero-order valence-corrected chi connectivity index (χ0v) is 31.7. The zero-order valence-electron chi connectivity index (χ0n) is 31.7. The topological polar surface area (TPSA) is 74.7 Å². The van der Waals surface area contributed by atoms with Crippen LogP contribution < -0.4 is 0 Å². The van der Waals surface area contributed by atoms with Crippen molar-refractivity contribution in [3.8, 4) is 56.9 Å². The van der Waals surface area contributed by atoms with Gasteiger partial charge in [-0.2, -0.15) is 10.5 Å². The number of fused-ring (bicyclic) bond motifs is 6. The van der Waals surface area contributed by atoms with Crippen molar-refractivity contribution in [3.05, 3.63) is 192 Å². The van der Waals surface area contributed by atoms with Crippen LogP contribution in [-0.2, 0) is 0 Å². The number of nitrogens with zero attached hydrogens (tertiary/aromatic N) is 6. The predicted octanol–water partition coefficient (Wildman–Crippen LogP) is 13.2. The van der Waals surface area contributed by atoms with Crippen LogP contribution in [0.4, 0.5) is 5.69 Å². The van der Waals surface area contributed by atoms with E-state index in [-0.39, 0.29) is 0 Å². The second kappa shape index (κ2) is 13.5. The van der Waals surface area contributed by atoms with Crippen molar-refractivity contribution in [1.29, 1.82) is 10.5 Å². The predicted molar refractivity (Wildman–Crippen MR) is 234 cm³/mol. The van der Waals surface area contributed by atoms with Crippen LogP contribution in [0, 0.1) is 43.1 Å². The lowest BCUT2D eigenvalue weighted by molar-refractivity contribution is 1.11. The highest BCUT2D eigenvalue weighted by Gasteiger charge is 2.22. The summed E-state index contributed by atoms with van der Waals surface area (Å²) in [7, 11) is 0. The Morgan fingerprint density at radius 2 is 0.983 bits per heavy atom. The fourth-order valence-electron chi connectivity index (χ4n) is 8.54. The van der Waals surface area contributed by atoms with E-state index in [0.717, 1.165) is 99.8 Å². The van der Waals surface area contributed by atoms with Crippen LogP contribution in [0.1, 0.15) is 22.5 Å². The van der Waals surface area contributed by atoms with Crippen LogP contribution >= 0.6 is 0 Å². The van der Waals surface area contributed by atoms with E-state index in [1.807, 2.05) is 74.5 Å². The molecule has 0 atom stereocenters. The van der Waals surface area contributed by atoms with Crippen molar-refractivity contribution in [1.82, 2.24) is 14.1 Å². The molecule has 6 heteroatoms. The zero-order chi connectivity index (χ0) is 39.5. The Balaban J connectivity index is 1.29. The maximum absolute atomic E-state index is 11.1. The minimum atomic E-state index is 0.532. The van der Waals surface area contributed by atoms with E-state index in [9.17, 15) is 10.5 Å². The third-order valence-corrected chi connectivity index (χ3v) is 11.1. The first kappa shape index (κ1) is 34.3. The van der Waals surface area contributed by atoms with E-state index < -0.39 is 0 Å². The summed E-state index contributed by atoms with van der Waals surface area (Å²) in [6, 6.07) is 58.4. The van der Waals surface area contributed by atoms with Crippen molar-refractivity contribution in [2.75, 3.05) is 0 Å². The first-order valence-electron chi connectivity index (χ1n) is 19.0. The lowest BCUT2D eigenvalue weighted by atomic mass is 9.98. The number of rotatable bonds is 5. The molecule has 0 unspecified atom stereocenters. The van der Waals surface area contributed by atoms with Gasteiger partial charge in [0.25, 0.3) is 0 Å². The molecule has 3 aromatic heterocycles. The lowest BCUT2D eigenvalue weighted by Crippen LogP contribution is -2.04. The number of nitriles is 2. The Morgan fingerprint density at radius 3 is 1.52 bits per heavy atom. The second-order valence-electron chi connectivity index (χ2n) is 14.7. The molecule has 3 heterocycles. The van der Waals surface area contributed by atoms with E-state index in [1.165, 1.54) is 0 Å². The van der Waals surface area contributed by atoms with Crippen molar-refractivity contribution in [2.45, 2.75) is 13.8 Å². The van der Waals surface area contributed by atoms with Gasteiger partial charge in [0.05, 0.1) is 57.2 Å². The summed E-state index contributed by atoms with van der Waals surface area (Å²) in [6.07, 6.45) is 0. The van der Waals surface area contributed by atoms with Gasteiger partial charge in [0, 0.05) is 38.5 Å². The highest BCUT2D eigenvalue weighted by atomic mass is 15.0. The molecule has 0 N–H and O–H groups in total. The third-order valence-electron chi connectivity index (χ3n) is 11.1. The number of hydrogen-bond donors (Lipinski definition) is 0. The van der Waals surface area contributed by atoms with Crippen molar-refractivity contribution < 1.29 is 0 Å². The summed E-state index contributed by atoms with van der Waals surface area (Å²) < 4.78 is 4.52. The molecule has 10 aromatic rings. The van der Waals surface area contributed by atoms with Gasteiger partial charge in [0.15, 0.2) is 5.69 Å². The monoisotopic (exact) mass is 740 g/mol. The SMILES string of the molecule is [C-]#[N+]c1ccc(-c2ccc3c4ccccc4n(-c4cc(C#N)c(-n5c6ccccc6c6ccc(-c7ccc(C#N)cc7)cc65)cc4-c4cc(C)nc(C)c4)c3c2)cc1. The quantitative estimate of drug-likeness (QED) is 0.165. The molecule has 0 saturated heterocycles. The van der Waals surface area contributed by atoms with E-state index >= 15 is 0 Å². The summed E-state index contributed by atoms with van der Waals surface area (Å²) in [5.74, 6) is 0. The largest absolute Gasteiger partial charge is 0.309 e. The number of pyridine rings is 1. The Kier molecular flexibility index (Phi) is 7.98.